The van der Waals surface area contributed by atoms with Crippen molar-refractivity contribution in [2.24, 2.45) is 11.0 Å². The average molecular weight is 485 g/mol. The first-order valence-corrected chi connectivity index (χ1v) is 12.7. The second kappa shape index (κ2) is 10.9. The fraction of sp³-hybridized carbons (Fsp3) is 0.357. The van der Waals surface area contributed by atoms with Gasteiger partial charge in [-0.05, 0) is 60.2 Å². The summed E-state index contributed by atoms with van der Waals surface area (Å²) < 4.78 is 0. The number of aromatic nitrogens is 1. The number of hydrazine groups is 1. The fourth-order valence-electron chi connectivity index (χ4n) is 5.02. The number of benzene rings is 2. The number of rotatable bonds is 7. The Hall–Kier alpha value is -3.78. The van der Waals surface area contributed by atoms with Crippen molar-refractivity contribution in [2.75, 3.05) is 11.9 Å². The number of nitrogens with zero attached hydrogens (tertiary/aromatic N) is 3. The SMILES string of the molecule is CC1C=NN(Cc2ccc(C(=O)Nc3cccnc3C(=O)NCC3CCCCC3)c3ccccc23)N1. The maximum Gasteiger partial charge on any atom is 0.272 e. The molecule has 1 fully saturated rings. The van der Waals surface area contributed by atoms with Crippen LogP contribution in [0.4, 0.5) is 5.69 Å². The first-order chi connectivity index (χ1) is 17.6. The summed E-state index contributed by atoms with van der Waals surface area (Å²) in [5.74, 6) is -0.0263. The van der Waals surface area contributed by atoms with Gasteiger partial charge >= 0.3 is 0 Å². The number of amides is 2. The van der Waals surface area contributed by atoms with E-state index in [9.17, 15) is 9.59 Å². The minimum Gasteiger partial charge on any atom is -0.350 e. The molecule has 8 heteroatoms. The van der Waals surface area contributed by atoms with Crippen LogP contribution >= 0.6 is 0 Å². The number of hydrazone groups is 1. The number of hydrogen-bond donors (Lipinski definition) is 3. The predicted molar refractivity (Wildman–Crippen MR) is 142 cm³/mol. The van der Waals surface area contributed by atoms with Gasteiger partial charge in [0.25, 0.3) is 11.8 Å². The molecule has 3 N–H and O–H groups in total. The van der Waals surface area contributed by atoms with Gasteiger partial charge < -0.3 is 10.6 Å². The Bertz CT molecular complexity index is 1280. The maximum absolute atomic E-state index is 13.4. The molecule has 5 rings (SSSR count). The number of nitrogens with one attached hydrogen (secondary N) is 3. The van der Waals surface area contributed by atoms with Crippen LogP contribution in [-0.2, 0) is 6.54 Å². The van der Waals surface area contributed by atoms with Crippen LogP contribution < -0.4 is 16.1 Å². The lowest BCUT2D eigenvalue weighted by Crippen LogP contribution is -2.33. The molecule has 8 nitrogen and oxygen atoms in total. The smallest absolute Gasteiger partial charge is 0.272 e. The van der Waals surface area contributed by atoms with Crippen LogP contribution in [0, 0.1) is 5.92 Å². The molecule has 2 aromatic carbocycles. The molecule has 0 radical (unpaired) electrons. The summed E-state index contributed by atoms with van der Waals surface area (Å²) in [7, 11) is 0. The van der Waals surface area contributed by atoms with Crippen molar-refractivity contribution in [1.29, 1.82) is 0 Å². The summed E-state index contributed by atoms with van der Waals surface area (Å²) in [6.45, 7) is 3.26. The van der Waals surface area contributed by atoms with Crippen LogP contribution in [0.2, 0.25) is 0 Å². The topological polar surface area (TPSA) is 98.7 Å². The van der Waals surface area contributed by atoms with Gasteiger partial charge in [0.15, 0.2) is 5.69 Å². The van der Waals surface area contributed by atoms with Gasteiger partial charge in [0, 0.05) is 24.5 Å². The van der Waals surface area contributed by atoms with Crippen molar-refractivity contribution >= 4 is 34.5 Å². The number of pyridine rings is 1. The molecule has 2 aliphatic rings. The van der Waals surface area contributed by atoms with Crippen LogP contribution in [0.5, 0.6) is 0 Å². The van der Waals surface area contributed by atoms with Gasteiger partial charge in [-0.25, -0.2) is 15.5 Å². The van der Waals surface area contributed by atoms with E-state index < -0.39 is 0 Å². The molecular formula is C28H32N6O2. The van der Waals surface area contributed by atoms with Crippen LogP contribution in [0.25, 0.3) is 10.8 Å². The molecule has 1 aromatic heterocycles. The monoisotopic (exact) mass is 484 g/mol. The van der Waals surface area contributed by atoms with Crippen molar-refractivity contribution < 1.29 is 9.59 Å². The fourth-order valence-corrected chi connectivity index (χ4v) is 5.02. The van der Waals surface area contributed by atoms with E-state index in [0.29, 0.717) is 30.3 Å². The second-order valence-corrected chi connectivity index (χ2v) is 9.63. The zero-order valence-electron chi connectivity index (χ0n) is 20.5. The summed E-state index contributed by atoms with van der Waals surface area (Å²) in [6, 6.07) is 15.3. The van der Waals surface area contributed by atoms with Gasteiger partial charge in [-0.3, -0.25) is 9.59 Å². The normalized spacial score (nSPS) is 17.9. The van der Waals surface area contributed by atoms with E-state index in [4.69, 9.17) is 0 Å². The van der Waals surface area contributed by atoms with Crippen LogP contribution in [0.15, 0.2) is 59.8 Å². The highest BCUT2D eigenvalue weighted by atomic mass is 16.2. The molecule has 0 saturated heterocycles. The summed E-state index contributed by atoms with van der Waals surface area (Å²) in [6.07, 6.45) is 9.45. The lowest BCUT2D eigenvalue weighted by atomic mass is 9.89. The molecular weight excluding hydrogens is 452 g/mol. The summed E-state index contributed by atoms with van der Waals surface area (Å²) >= 11 is 0. The zero-order chi connectivity index (χ0) is 24.9. The van der Waals surface area contributed by atoms with Crippen molar-refractivity contribution in [1.82, 2.24) is 20.8 Å². The van der Waals surface area contributed by atoms with Crippen LogP contribution in [0.3, 0.4) is 0 Å². The van der Waals surface area contributed by atoms with Gasteiger partial charge in [0.2, 0.25) is 0 Å². The molecule has 186 valence electrons. The van der Waals surface area contributed by atoms with Crippen LogP contribution in [0.1, 0.15) is 65.4 Å². The Kier molecular flexibility index (Phi) is 7.23. The van der Waals surface area contributed by atoms with Crippen molar-refractivity contribution in [2.45, 2.75) is 51.6 Å². The third-order valence-corrected chi connectivity index (χ3v) is 6.91. The molecule has 3 aromatic rings. The average Bonchev–Trinajstić information content (AvgIpc) is 3.32. The van der Waals surface area contributed by atoms with Gasteiger partial charge in [0.05, 0.1) is 18.3 Å². The molecule has 1 saturated carbocycles. The number of carbonyl (C=O) groups excluding carboxylic acids is 2. The molecule has 1 unspecified atom stereocenters. The maximum atomic E-state index is 13.4. The Labute approximate surface area is 211 Å². The van der Waals surface area contributed by atoms with Crippen LogP contribution in [-0.4, -0.2) is 40.7 Å². The van der Waals surface area contributed by atoms with Gasteiger partial charge in [-0.15, -0.1) is 0 Å². The van der Waals surface area contributed by atoms with Crippen molar-refractivity contribution in [3.63, 3.8) is 0 Å². The molecule has 2 amide bonds. The van der Waals surface area contributed by atoms with E-state index in [1.807, 2.05) is 49.5 Å². The Morgan fingerprint density at radius 3 is 2.58 bits per heavy atom. The Balaban J connectivity index is 1.33. The summed E-state index contributed by atoms with van der Waals surface area (Å²) in [4.78, 5) is 30.6. The highest BCUT2D eigenvalue weighted by Crippen LogP contribution is 2.26. The van der Waals surface area contributed by atoms with Gasteiger partial charge in [0.1, 0.15) is 0 Å². The largest absolute Gasteiger partial charge is 0.350 e. The molecule has 36 heavy (non-hydrogen) atoms. The molecule has 1 atom stereocenters. The molecule has 0 spiro atoms. The highest BCUT2D eigenvalue weighted by Gasteiger charge is 2.20. The summed E-state index contributed by atoms with van der Waals surface area (Å²) in [5.41, 5.74) is 5.51. The molecule has 1 aliphatic carbocycles. The number of anilines is 1. The van der Waals surface area contributed by atoms with Gasteiger partial charge in [-0.1, -0.05) is 49.6 Å². The summed E-state index contributed by atoms with van der Waals surface area (Å²) in [5, 5.41) is 14.0. The quantitative estimate of drug-likeness (QED) is 0.459. The third-order valence-electron chi connectivity index (χ3n) is 6.91. The Morgan fingerprint density at radius 1 is 1.00 bits per heavy atom. The van der Waals surface area contributed by atoms with Crippen molar-refractivity contribution in [3.8, 4) is 0 Å². The van der Waals surface area contributed by atoms with E-state index in [1.54, 1.807) is 23.4 Å². The van der Waals surface area contributed by atoms with E-state index in [-0.39, 0.29) is 23.6 Å². The third kappa shape index (κ3) is 5.39. The van der Waals surface area contributed by atoms with Crippen molar-refractivity contribution in [3.05, 3.63) is 71.5 Å². The predicted octanol–water partition coefficient (Wildman–Crippen LogP) is 4.49. The first-order valence-electron chi connectivity index (χ1n) is 12.7. The number of hydrogen-bond acceptors (Lipinski definition) is 6. The molecule has 1 aliphatic heterocycles. The molecule has 0 bridgehead atoms. The Morgan fingerprint density at radius 2 is 1.81 bits per heavy atom. The lowest BCUT2D eigenvalue weighted by molar-refractivity contribution is 0.0939. The van der Waals surface area contributed by atoms with E-state index in [0.717, 1.165) is 29.2 Å². The second-order valence-electron chi connectivity index (χ2n) is 9.63. The van der Waals surface area contributed by atoms with E-state index >= 15 is 0 Å². The first kappa shape index (κ1) is 23.9. The number of fused-ring (bicyclic) bond motifs is 1. The van der Waals surface area contributed by atoms with E-state index in [1.165, 1.54) is 19.3 Å². The highest BCUT2D eigenvalue weighted by molar-refractivity contribution is 6.15. The minimum atomic E-state index is -0.280. The number of carbonyl (C=O) groups is 2. The zero-order valence-corrected chi connectivity index (χ0v) is 20.5. The standard InChI is InChI=1S/C28H32N6O2/c1-19-16-31-34(33-19)18-21-13-14-24(23-11-6-5-10-22(21)23)27(35)32-25-12-7-15-29-26(25)28(36)30-17-20-8-3-2-4-9-20/h5-7,10-16,19-20,33H,2-4,8-9,17-18H2,1H3,(H,30,36)(H,32,35). The minimum absolute atomic E-state index is 0.190. The lowest BCUT2D eigenvalue weighted by Gasteiger charge is -2.21. The van der Waals surface area contributed by atoms with Gasteiger partial charge in [-0.2, -0.15) is 5.10 Å². The molecule has 2 heterocycles. The van der Waals surface area contributed by atoms with E-state index in [2.05, 4.69) is 26.1 Å².